The fourth-order valence-corrected chi connectivity index (χ4v) is 2.19. The molecule has 1 aliphatic heterocycles. The van der Waals surface area contributed by atoms with Crippen LogP contribution in [0.5, 0.6) is 5.75 Å². The summed E-state index contributed by atoms with van der Waals surface area (Å²) in [6.45, 7) is 6.33. The fourth-order valence-electron chi connectivity index (χ4n) is 2.19. The van der Waals surface area contributed by atoms with E-state index in [0.29, 0.717) is 6.61 Å². The van der Waals surface area contributed by atoms with Crippen LogP contribution in [-0.2, 0) is 10.2 Å². The lowest BCUT2D eigenvalue weighted by Gasteiger charge is -2.23. The summed E-state index contributed by atoms with van der Waals surface area (Å²) in [5, 5.41) is 0. The molecule has 0 fully saturated rings. The molecule has 2 nitrogen and oxygen atoms in total. The molecule has 1 atom stereocenters. The van der Waals surface area contributed by atoms with Crippen molar-refractivity contribution in [1.82, 2.24) is 0 Å². The van der Waals surface area contributed by atoms with Crippen LogP contribution < -0.4 is 4.74 Å². The largest absolute Gasteiger partial charge is 0.492 e. The number of para-hydroxylation sites is 1. The number of ether oxygens (including phenoxy) is 1. The monoisotopic (exact) mass is 204 g/mol. The predicted molar refractivity (Wildman–Crippen MR) is 59.1 cm³/mol. The van der Waals surface area contributed by atoms with Gasteiger partial charge in [-0.25, -0.2) is 0 Å². The van der Waals surface area contributed by atoms with Gasteiger partial charge >= 0.3 is 0 Å². The molecule has 1 aliphatic rings. The second-order valence-corrected chi connectivity index (χ2v) is 4.64. The Hall–Kier alpha value is -1.31. The minimum absolute atomic E-state index is 0.0461. The molecule has 15 heavy (non-hydrogen) atoms. The van der Waals surface area contributed by atoms with E-state index < -0.39 is 5.41 Å². The third-order valence-electron chi connectivity index (χ3n) is 3.07. The van der Waals surface area contributed by atoms with Crippen LogP contribution in [0.1, 0.15) is 26.3 Å². The van der Waals surface area contributed by atoms with Crippen molar-refractivity contribution in [2.45, 2.75) is 26.2 Å². The van der Waals surface area contributed by atoms with Gasteiger partial charge in [-0.05, 0) is 13.0 Å². The van der Waals surface area contributed by atoms with E-state index in [0.717, 1.165) is 11.3 Å². The summed E-state index contributed by atoms with van der Waals surface area (Å²) in [5.41, 5.74) is 0.578. The number of rotatable bonds is 2. The van der Waals surface area contributed by atoms with Crippen LogP contribution in [0, 0.1) is 5.92 Å². The summed E-state index contributed by atoms with van der Waals surface area (Å²) in [6, 6.07) is 7.81. The highest BCUT2D eigenvalue weighted by Crippen LogP contribution is 2.40. The van der Waals surface area contributed by atoms with Crippen molar-refractivity contribution in [3.05, 3.63) is 29.8 Å². The van der Waals surface area contributed by atoms with E-state index in [1.807, 2.05) is 45.0 Å². The van der Waals surface area contributed by atoms with E-state index in [4.69, 9.17) is 4.74 Å². The molecule has 0 bridgehead atoms. The Morgan fingerprint density at radius 2 is 2.07 bits per heavy atom. The number of carbonyl (C=O) groups excluding carboxylic acids is 1. The summed E-state index contributed by atoms with van der Waals surface area (Å²) in [4.78, 5) is 12.1. The summed E-state index contributed by atoms with van der Waals surface area (Å²) in [7, 11) is 0. The molecular formula is C13H16O2. The quantitative estimate of drug-likeness (QED) is 0.740. The molecule has 80 valence electrons. The molecule has 1 aromatic rings. The Morgan fingerprint density at radius 3 is 2.73 bits per heavy atom. The Bertz CT molecular complexity index is 395. The molecular weight excluding hydrogens is 188 g/mol. The Kier molecular flexibility index (Phi) is 2.29. The normalized spacial score (nSPS) is 23.7. The first kappa shape index (κ1) is 10.2. The highest BCUT2D eigenvalue weighted by Gasteiger charge is 2.43. The molecule has 0 radical (unpaired) electrons. The number of Topliss-reactive ketones (excluding diaryl/α,β-unsaturated/α-hetero) is 1. The van der Waals surface area contributed by atoms with Crippen LogP contribution in [0.2, 0.25) is 0 Å². The van der Waals surface area contributed by atoms with Crippen molar-refractivity contribution >= 4 is 5.78 Å². The lowest BCUT2D eigenvalue weighted by Crippen LogP contribution is -2.37. The molecule has 2 heteroatoms. The molecule has 0 aliphatic carbocycles. The molecule has 1 aromatic carbocycles. The maximum atomic E-state index is 12.1. The highest BCUT2D eigenvalue weighted by molar-refractivity contribution is 5.92. The molecule has 0 N–H and O–H groups in total. The van der Waals surface area contributed by atoms with Crippen LogP contribution >= 0.6 is 0 Å². The van der Waals surface area contributed by atoms with Gasteiger partial charge in [0, 0.05) is 11.5 Å². The van der Waals surface area contributed by atoms with Crippen molar-refractivity contribution < 1.29 is 9.53 Å². The van der Waals surface area contributed by atoms with E-state index in [-0.39, 0.29) is 11.7 Å². The first-order chi connectivity index (χ1) is 7.05. The number of hydrogen-bond donors (Lipinski definition) is 0. The number of fused-ring (bicyclic) bond motifs is 1. The molecule has 0 saturated heterocycles. The van der Waals surface area contributed by atoms with Gasteiger partial charge in [0.15, 0.2) is 0 Å². The number of hydrogen-bond acceptors (Lipinski definition) is 2. The Morgan fingerprint density at radius 1 is 1.40 bits per heavy atom. The minimum atomic E-state index is -0.454. The molecule has 0 saturated carbocycles. The summed E-state index contributed by atoms with van der Waals surface area (Å²) in [6.07, 6.45) is 0. The van der Waals surface area contributed by atoms with Gasteiger partial charge in [0.2, 0.25) is 0 Å². The van der Waals surface area contributed by atoms with Gasteiger partial charge in [-0.3, -0.25) is 4.79 Å². The first-order valence-electron chi connectivity index (χ1n) is 5.32. The van der Waals surface area contributed by atoms with Crippen molar-refractivity contribution in [1.29, 1.82) is 0 Å². The lowest BCUT2D eigenvalue weighted by atomic mass is 9.76. The predicted octanol–water partition coefficient (Wildman–Crippen LogP) is 2.56. The average molecular weight is 204 g/mol. The first-order valence-corrected chi connectivity index (χ1v) is 5.32. The molecule has 1 heterocycles. The Balaban J connectivity index is 2.45. The van der Waals surface area contributed by atoms with E-state index in [1.165, 1.54) is 0 Å². The van der Waals surface area contributed by atoms with Crippen LogP contribution in [0.4, 0.5) is 0 Å². The SMILES string of the molecule is CC(C)C(=O)C1(C)COc2ccccc21. The third kappa shape index (κ3) is 1.44. The van der Waals surface area contributed by atoms with Crippen LogP contribution in [0.3, 0.4) is 0 Å². The van der Waals surface area contributed by atoms with Crippen LogP contribution in [-0.4, -0.2) is 12.4 Å². The minimum Gasteiger partial charge on any atom is -0.492 e. The maximum Gasteiger partial charge on any atom is 0.149 e. The summed E-state index contributed by atoms with van der Waals surface area (Å²) >= 11 is 0. The smallest absolute Gasteiger partial charge is 0.149 e. The van der Waals surface area contributed by atoms with Crippen LogP contribution in [0.15, 0.2) is 24.3 Å². The number of benzene rings is 1. The molecule has 0 aromatic heterocycles. The zero-order valence-electron chi connectivity index (χ0n) is 9.41. The topological polar surface area (TPSA) is 26.3 Å². The van der Waals surface area contributed by atoms with E-state index in [9.17, 15) is 4.79 Å². The molecule has 0 amide bonds. The van der Waals surface area contributed by atoms with Crippen molar-refractivity contribution in [2.75, 3.05) is 6.61 Å². The van der Waals surface area contributed by atoms with Gasteiger partial charge in [0.05, 0.1) is 5.41 Å². The number of ketones is 1. The van der Waals surface area contributed by atoms with E-state index in [1.54, 1.807) is 0 Å². The van der Waals surface area contributed by atoms with Crippen molar-refractivity contribution in [2.24, 2.45) is 5.92 Å². The summed E-state index contributed by atoms with van der Waals surface area (Å²) in [5.74, 6) is 1.16. The Labute approximate surface area is 90.3 Å². The van der Waals surface area contributed by atoms with E-state index in [2.05, 4.69) is 0 Å². The highest BCUT2D eigenvalue weighted by atomic mass is 16.5. The average Bonchev–Trinajstić information content (AvgIpc) is 2.57. The third-order valence-corrected chi connectivity index (χ3v) is 3.07. The molecule has 0 spiro atoms. The second kappa shape index (κ2) is 3.37. The zero-order chi connectivity index (χ0) is 11.1. The van der Waals surface area contributed by atoms with Gasteiger partial charge < -0.3 is 4.74 Å². The number of carbonyl (C=O) groups is 1. The molecule has 1 unspecified atom stereocenters. The van der Waals surface area contributed by atoms with Gasteiger partial charge in [-0.15, -0.1) is 0 Å². The van der Waals surface area contributed by atoms with Crippen LogP contribution in [0.25, 0.3) is 0 Å². The lowest BCUT2D eigenvalue weighted by molar-refractivity contribution is -0.127. The zero-order valence-corrected chi connectivity index (χ0v) is 9.41. The van der Waals surface area contributed by atoms with Crippen molar-refractivity contribution in [3.8, 4) is 5.75 Å². The molecule has 2 rings (SSSR count). The van der Waals surface area contributed by atoms with Gasteiger partial charge in [0.25, 0.3) is 0 Å². The van der Waals surface area contributed by atoms with Gasteiger partial charge in [-0.1, -0.05) is 32.0 Å². The fraction of sp³-hybridized carbons (Fsp3) is 0.462. The standard InChI is InChI=1S/C13H16O2/c1-9(2)12(14)13(3)8-15-11-7-5-4-6-10(11)13/h4-7,9H,8H2,1-3H3. The van der Waals surface area contributed by atoms with Gasteiger partial charge in [0.1, 0.15) is 18.1 Å². The van der Waals surface area contributed by atoms with Gasteiger partial charge in [-0.2, -0.15) is 0 Å². The van der Waals surface area contributed by atoms with Crippen molar-refractivity contribution in [3.63, 3.8) is 0 Å². The maximum absolute atomic E-state index is 12.1. The second-order valence-electron chi connectivity index (χ2n) is 4.64. The summed E-state index contributed by atoms with van der Waals surface area (Å²) < 4.78 is 5.56. The van der Waals surface area contributed by atoms with E-state index >= 15 is 0 Å².